The molecule has 0 spiro atoms. The van der Waals surface area contributed by atoms with Crippen LogP contribution in [-0.2, 0) is 0 Å². The maximum absolute atomic E-state index is 6.40. The van der Waals surface area contributed by atoms with Gasteiger partial charge in [-0.3, -0.25) is 0 Å². The summed E-state index contributed by atoms with van der Waals surface area (Å²) in [4.78, 5) is 2.35. The van der Waals surface area contributed by atoms with Crippen LogP contribution >= 0.6 is 0 Å². The van der Waals surface area contributed by atoms with Crippen LogP contribution in [0, 0.1) is 0 Å². The van der Waals surface area contributed by atoms with Crippen LogP contribution in [-0.4, -0.2) is 0 Å². The monoisotopic (exact) mass is 663 g/mol. The Balaban J connectivity index is 1.09. The summed E-state index contributed by atoms with van der Waals surface area (Å²) in [5.74, 6) is 0. The van der Waals surface area contributed by atoms with E-state index in [1.165, 1.54) is 43.8 Å². The first-order valence-electron chi connectivity index (χ1n) is 17.8. The van der Waals surface area contributed by atoms with E-state index in [-0.39, 0.29) is 0 Å². The van der Waals surface area contributed by atoms with Crippen LogP contribution in [0.3, 0.4) is 0 Å². The Morgan fingerprint density at radius 3 is 1.65 bits per heavy atom. The molecule has 0 fully saturated rings. The van der Waals surface area contributed by atoms with Gasteiger partial charge in [0.15, 0.2) is 0 Å². The molecule has 0 N–H and O–H groups in total. The predicted molar refractivity (Wildman–Crippen MR) is 220 cm³/mol. The third kappa shape index (κ3) is 5.12. The van der Waals surface area contributed by atoms with Crippen molar-refractivity contribution in [2.75, 3.05) is 4.90 Å². The molecule has 0 radical (unpaired) electrons. The van der Waals surface area contributed by atoms with E-state index in [0.29, 0.717) is 0 Å². The molecule has 2 heteroatoms. The largest absolute Gasteiger partial charge is 0.455 e. The van der Waals surface area contributed by atoms with Gasteiger partial charge < -0.3 is 9.32 Å². The fraction of sp³-hybridized carbons (Fsp3) is 0. The highest BCUT2D eigenvalue weighted by molar-refractivity contribution is 6.14. The predicted octanol–water partition coefficient (Wildman–Crippen LogP) is 14.4. The lowest BCUT2D eigenvalue weighted by Crippen LogP contribution is -2.10. The van der Waals surface area contributed by atoms with Gasteiger partial charge in [0.1, 0.15) is 11.2 Å². The van der Waals surface area contributed by atoms with Gasteiger partial charge in [-0.05, 0) is 97.9 Å². The molecule has 0 unspecified atom stereocenters. The minimum absolute atomic E-state index is 0.908. The summed E-state index contributed by atoms with van der Waals surface area (Å²) >= 11 is 0. The minimum atomic E-state index is 0.908. The van der Waals surface area contributed by atoms with Crippen LogP contribution in [0.1, 0.15) is 0 Å². The van der Waals surface area contributed by atoms with Gasteiger partial charge in [-0.15, -0.1) is 0 Å². The van der Waals surface area contributed by atoms with E-state index in [4.69, 9.17) is 4.42 Å². The van der Waals surface area contributed by atoms with Crippen LogP contribution in [0.25, 0.3) is 76.9 Å². The summed E-state index contributed by atoms with van der Waals surface area (Å²) in [6.07, 6.45) is 0. The molecule has 0 saturated carbocycles. The molecule has 0 aliphatic carbocycles. The summed E-state index contributed by atoms with van der Waals surface area (Å²) in [6.45, 7) is 0. The molecule has 244 valence electrons. The number of rotatable bonds is 6. The quantitative estimate of drug-likeness (QED) is 0.165. The molecular formula is C50H33NO. The summed E-state index contributed by atoms with van der Waals surface area (Å²) in [6, 6.07) is 71.7. The molecule has 0 atom stereocenters. The van der Waals surface area contributed by atoms with Crippen molar-refractivity contribution in [1.29, 1.82) is 0 Å². The third-order valence-corrected chi connectivity index (χ3v) is 10.3. The van der Waals surface area contributed by atoms with Crippen LogP contribution in [0.2, 0.25) is 0 Å². The van der Waals surface area contributed by atoms with Gasteiger partial charge in [-0.1, -0.05) is 152 Å². The highest BCUT2D eigenvalue weighted by Crippen LogP contribution is 2.41. The zero-order valence-corrected chi connectivity index (χ0v) is 28.4. The Hall–Kier alpha value is -6.90. The van der Waals surface area contributed by atoms with Crippen LogP contribution in [0.15, 0.2) is 205 Å². The lowest BCUT2D eigenvalue weighted by molar-refractivity contribution is 0.670. The SMILES string of the molecule is c1ccc(-c2cccc(N(c3ccc(-c4cc5ccccc5c5ccccc45)cc3)c3ccc(-c4cccc5c4oc4ccccc45)cc3)c2)cc1. The average Bonchev–Trinajstić information content (AvgIpc) is 3.61. The summed E-state index contributed by atoms with van der Waals surface area (Å²) in [7, 11) is 0. The third-order valence-electron chi connectivity index (χ3n) is 10.3. The van der Waals surface area contributed by atoms with Crippen molar-refractivity contribution >= 4 is 60.5 Å². The van der Waals surface area contributed by atoms with Gasteiger partial charge in [0.25, 0.3) is 0 Å². The van der Waals surface area contributed by atoms with Crippen molar-refractivity contribution < 1.29 is 4.42 Å². The number of nitrogens with zero attached hydrogens (tertiary/aromatic N) is 1. The molecule has 0 bridgehead atoms. The molecule has 1 heterocycles. The van der Waals surface area contributed by atoms with Crippen LogP contribution < -0.4 is 4.90 Å². The smallest absolute Gasteiger partial charge is 0.143 e. The lowest BCUT2D eigenvalue weighted by atomic mass is 9.93. The number of furan rings is 1. The van der Waals surface area contributed by atoms with E-state index in [9.17, 15) is 0 Å². The number of benzene rings is 9. The molecule has 0 saturated heterocycles. The second-order valence-corrected chi connectivity index (χ2v) is 13.3. The number of hydrogen-bond acceptors (Lipinski definition) is 2. The van der Waals surface area contributed by atoms with Crippen molar-refractivity contribution in [3.8, 4) is 33.4 Å². The summed E-state index contributed by atoms with van der Waals surface area (Å²) in [5.41, 5.74) is 12.1. The van der Waals surface area contributed by atoms with Gasteiger partial charge in [-0.25, -0.2) is 0 Å². The highest BCUT2D eigenvalue weighted by atomic mass is 16.3. The zero-order valence-electron chi connectivity index (χ0n) is 28.4. The summed E-state index contributed by atoms with van der Waals surface area (Å²) in [5, 5.41) is 7.34. The Morgan fingerprint density at radius 1 is 0.308 bits per heavy atom. The van der Waals surface area contributed by atoms with E-state index in [0.717, 1.165) is 50.1 Å². The van der Waals surface area contributed by atoms with E-state index in [1.54, 1.807) is 0 Å². The van der Waals surface area contributed by atoms with Gasteiger partial charge >= 0.3 is 0 Å². The van der Waals surface area contributed by atoms with Crippen molar-refractivity contribution in [1.82, 2.24) is 0 Å². The van der Waals surface area contributed by atoms with Crippen molar-refractivity contribution in [3.63, 3.8) is 0 Å². The molecule has 10 rings (SSSR count). The standard InChI is InChI=1S/C50H33NO/c1-2-12-34(13-3-1)37-15-10-16-41(32-37)51(39-28-24-35(25-29-39)43-21-11-22-47-46-20-8-9-23-49(46)52-50(43)47)40-30-26-36(27-31-40)48-33-38-14-4-5-17-42(38)44-18-6-7-19-45(44)48/h1-33H. The fourth-order valence-corrected chi connectivity index (χ4v) is 7.75. The second kappa shape index (κ2) is 12.5. The second-order valence-electron chi connectivity index (χ2n) is 13.3. The van der Waals surface area contributed by atoms with Crippen molar-refractivity contribution in [3.05, 3.63) is 200 Å². The molecular weight excluding hydrogens is 631 g/mol. The Morgan fingerprint density at radius 2 is 0.885 bits per heavy atom. The maximum atomic E-state index is 6.40. The van der Waals surface area contributed by atoms with Crippen molar-refractivity contribution in [2.45, 2.75) is 0 Å². The molecule has 10 aromatic rings. The molecule has 52 heavy (non-hydrogen) atoms. The Labute approximate surface area is 302 Å². The van der Waals surface area contributed by atoms with Gasteiger partial charge in [0.2, 0.25) is 0 Å². The fourth-order valence-electron chi connectivity index (χ4n) is 7.75. The van der Waals surface area contributed by atoms with Crippen molar-refractivity contribution in [2.24, 2.45) is 0 Å². The number of hydrogen-bond donors (Lipinski definition) is 0. The lowest BCUT2D eigenvalue weighted by Gasteiger charge is -2.26. The minimum Gasteiger partial charge on any atom is -0.455 e. The topological polar surface area (TPSA) is 16.4 Å². The van der Waals surface area contributed by atoms with E-state index < -0.39 is 0 Å². The van der Waals surface area contributed by atoms with E-state index in [2.05, 4.69) is 193 Å². The Bertz CT molecular complexity index is 2890. The Kier molecular flexibility index (Phi) is 7.18. The average molecular weight is 664 g/mol. The van der Waals surface area contributed by atoms with Gasteiger partial charge in [0, 0.05) is 33.4 Å². The first-order chi connectivity index (χ1) is 25.8. The molecule has 2 nitrogen and oxygen atoms in total. The van der Waals surface area contributed by atoms with Gasteiger partial charge in [-0.2, -0.15) is 0 Å². The number of anilines is 3. The molecule has 1 aromatic heterocycles. The first-order valence-corrected chi connectivity index (χ1v) is 17.8. The van der Waals surface area contributed by atoms with Crippen LogP contribution in [0.5, 0.6) is 0 Å². The normalized spacial score (nSPS) is 11.5. The molecule has 0 aliphatic rings. The van der Waals surface area contributed by atoms with E-state index >= 15 is 0 Å². The first kappa shape index (κ1) is 30.0. The summed E-state index contributed by atoms with van der Waals surface area (Å²) < 4.78 is 6.40. The highest BCUT2D eigenvalue weighted by Gasteiger charge is 2.17. The van der Waals surface area contributed by atoms with E-state index in [1.807, 2.05) is 12.1 Å². The molecule has 0 aliphatic heterocycles. The van der Waals surface area contributed by atoms with Crippen LogP contribution in [0.4, 0.5) is 17.1 Å². The van der Waals surface area contributed by atoms with Gasteiger partial charge in [0.05, 0.1) is 0 Å². The number of fused-ring (bicyclic) bond motifs is 6. The maximum Gasteiger partial charge on any atom is 0.143 e. The molecule has 9 aromatic carbocycles. The number of para-hydroxylation sites is 2. The zero-order chi connectivity index (χ0) is 34.4. The molecule has 0 amide bonds.